The second-order valence-corrected chi connectivity index (χ2v) is 14.4. The minimum atomic E-state index is -0.735. The average Bonchev–Trinajstić information content (AvgIpc) is 3.25. The lowest BCUT2D eigenvalue weighted by Crippen LogP contribution is -2.68. The number of fused-ring (bicyclic) bond motifs is 7. The van der Waals surface area contributed by atoms with Gasteiger partial charge in [0.2, 0.25) is 0 Å². The van der Waals surface area contributed by atoms with E-state index >= 15 is 0 Å². The Hall–Kier alpha value is -0.120. The van der Waals surface area contributed by atoms with E-state index < -0.39 is 11.4 Å². The van der Waals surface area contributed by atoms with Crippen LogP contribution >= 0.6 is 0 Å². The molecule has 190 valence electrons. The number of rotatable bonds is 5. The van der Waals surface area contributed by atoms with Gasteiger partial charge in [-0.25, -0.2) is 0 Å². The maximum Gasteiger partial charge on any atom is 0.163 e. The number of aliphatic hydroxyl groups is 1. The number of hydrogen-bond donors (Lipinski definition) is 1. The zero-order valence-electron chi connectivity index (χ0n) is 22.7. The molecule has 0 radical (unpaired) electrons. The van der Waals surface area contributed by atoms with Gasteiger partial charge in [0.15, 0.2) is 5.79 Å². The van der Waals surface area contributed by atoms with Crippen LogP contribution in [0.1, 0.15) is 119 Å². The molecular formula is C30H52O3. The largest absolute Gasteiger partial charge is 0.386 e. The van der Waals surface area contributed by atoms with E-state index in [2.05, 4.69) is 34.6 Å². The second-order valence-electron chi connectivity index (χ2n) is 14.4. The highest BCUT2D eigenvalue weighted by atomic mass is 16.8. The summed E-state index contributed by atoms with van der Waals surface area (Å²) in [6.45, 7) is 16.4. The molecule has 1 saturated heterocycles. The Bertz CT molecular complexity index is 732. The van der Waals surface area contributed by atoms with E-state index in [1.165, 1.54) is 51.4 Å². The van der Waals surface area contributed by atoms with Crippen molar-refractivity contribution >= 4 is 0 Å². The Kier molecular flexibility index (Phi) is 6.11. The van der Waals surface area contributed by atoms with Gasteiger partial charge in [0, 0.05) is 5.41 Å². The first-order chi connectivity index (χ1) is 15.4. The highest BCUT2D eigenvalue weighted by Crippen LogP contribution is 2.70. The van der Waals surface area contributed by atoms with Crippen LogP contribution in [0.3, 0.4) is 0 Å². The van der Waals surface area contributed by atoms with E-state index in [4.69, 9.17) is 9.47 Å². The third kappa shape index (κ3) is 3.69. The average molecular weight is 461 g/mol. The third-order valence-electron chi connectivity index (χ3n) is 11.9. The molecule has 0 bridgehead atoms. The molecule has 4 saturated carbocycles. The fourth-order valence-corrected chi connectivity index (χ4v) is 10.3. The first kappa shape index (κ1) is 24.6. The molecule has 3 nitrogen and oxygen atoms in total. The van der Waals surface area contributed by atoms with Gasteiger partial charge in [0.05, 0.1) is 11.7 Å². The monoisotopic (exact) mass is 460 g/mol. The van der Waals surface area contributed by atoms with Gasteiger partial charge in [0.1, 0.15) is 6.10 Å². The van der Waals surface area contributed by atoms with Crippen LogP contribution in [-0.2, 0) is 9.47 Å². The fourth-order valence-electron chi connectivity index (χ4n) is 10.3. The maximum absolute atomic E-state index is 12.3. The summed E-state index contributed by atoms with van der Waals surface area (Å²) in [7, 11) is 0. The Morgan fingerprint density at radius 2 is 1.58 bits per heavy atom. The number of ether oxygens (including phenoxy) is 2. The van der Waals surface area contributed by atoms with Crippen molar-refractivity contribution in [3.05, 3.63) is 0 Å². The smallest absolute Gasteiger partial charge is 0.163 e. The van der Waals surface area contributed by atoms with Crippen LogP contribution in [0.15, 0.2) is 0 Å². The van der Waals surface area contributed by atoms with Crippen molar-refractivity contribution < 1.29 is 14.6 Å². The molecule has 0 unspecified atom stereocenters. The van der Waals surface area contributed by atoms with Crippen molar-refractivity contribution in [2.75, 3.05) is 0 Å². The standard InChI is InChI=1S/C30H52O3/c1-19(2)9-8-10-20(3)22-11-12-23-21-13-18-30(31)26-25(32-27(4,5)33-26)15-17-29(30,7)24(21)14-16-28(22,23)6/h19-26,31H,8-18H2,1-7H3/t20-,21+,22-,23+,24+,25+,26-,28-,29-,30-/m1/s1. The molecule has 1 N–H and O–H groups in total. The Balaban J connectivity index is 1.34. The molecule has 3 heteroatoms. The molecule has 5 rings (SSSR count). The van der Waals surface area contributed by atoms with Gasteiger partial charge in [-0.05, 0) is 106 Å². The van der Waals surface area contributed by atoms with Gasteiger partial charge in [-0.3, -0.25) is 0 Å². The van der Waals surface area contributed by atoms with Gasteiger partial charge >= 0.3 is 0 Å². The first-order valence-corrected chi connectivity index (χ1v) is 14.5. The molecule has 0 aromatic carbocycles. The van der Waals surface area contributed by atoms with E-state index in [9.17, 15) is 5.11 Å². The summed E-state index contributed by atoms with van der Waals surface area (Å²) >= 11 is 0. The second kappa shape index (κ2) is 8.20. The molecule has 0 aromatic rings. The predicted molar refractivity (Wildman–Crippen MR) is 134 cm³/mol. The molecule has 1 aliphatic heterocycles. The first-order valence-electron chi connectivity index (χ1n) is 14.5. The normalized spacial score (nSPS) is 51.5. The van der Waals surface area contributed by atoms with Crippen LogP contribution in [0, 0.1) is 46.3 Å². The van der Waals surface area contributed by atoms with Gasteiger partial charge in [-0.15, -0.1) is 0 Å². The molecular weight excluding hydrogens is 408 g/mol. The number of hydrogen-bond acceptors (Lipinski definition) is 3. The quantitative estimate of drug-likeness (QED) is 0.466. The lowest BCUT2D eigenvalue weighted by molar-refractivity contribution is -0.257. The van der Waals surface area contributed by atoms with Crippen LogP contribution in [0.2, 0.25) is 0 Å². The Morgan fingerprint density at radius 1 is 0.818 bits per heavy atom. The predicted octanol–water partition coefficient (Wildman–Crippen LogP) is 7.35. The molecule has 4 aliphatic carbocycles. The van der Waals surface area contributed by atoms with Crippen LogP contribution in [0.4, 0.5) is 0 Å². The van der Waals surface area contributed by atoms with Crippen molar-refractivity contribution in [2.45, 2.75) is 143 Å². The summed E-state index contributed by atoms with van der Waals surface area (Å²) < 4.78 is 12.6. The van der Waals surface area contributed by atoms with Crippen molar-refractivity contribution in [3.63, 3.8) is 0 Å². The summed E-state index contributed by atoms with van der Waals surface area (Å²) in [5.41, 5.74) is -0.264. The minimum absolute atomic E-state index is 0.0385. The fraction of sp³-hybridized carbons (Fsp3) is 1.00. The molecule has 5 fully saturated rings. The van der Waals surface area contributed by atoms with E-state index in [1.54, 1.807) is 0 Å². The van der Waals surface area contributed by atoms with E-state index in [-0.39, 0.29) is 17.6 Å². The van der Waals surface area contributed by atoms with Crippen molar-refractivity contribution in [1.29, 1.82) is 0 Å². The van der Waals surface area contributed by atoms with Gasteiger partial charge in [-0.1, -0.05) is 53.9 Å². The van der Waals surface area contributed by atoms with Gasteiger partial charge in [0.25, 0.3) is 0 Å². The zero-order chi connectivity index (χ0) is 23.8. The van der Waals surface area contributed by atoms with Crippen molar-refractivity contribution in [1.82, 2.24) is 0 Å². The lowest BCUT2D eigenvalue weighted by Gasteiger charge is -2.65. The molecule has 0 spiro atoms. The topological polar surface area (TPSA) is 38.7 Å². The lowest BCUT2D eigenvalue weighted by atomic mass is 9.42. The SMILES string of the molecule is CC(C)CCC[C@@H](C)[C@H]1CC[C@H]2[C@@H]3CC[C@@]4(O)[C@@H]5OC(C)(C)O[C@H]5CC[C@]4(C)[C@H]3CC[C@]12C. The molecule has 0 amide bonds. The van der Waals surface area contributed by atoms with Crippen LogP contribution in [0.25, 0.3) is 0 Å². The summed E-state index contributed by atoms with van der Waals surface area (Å²) in [6, 6.07) is 0. The van der Waals surface area contributed by atoms with Crippen LogP contribution in [0.5, 0.6) is 0 Å². The third-order valence-corrected chi connectivity index (χ3v) is 11.9. The highest BCUT2D eigenvalue weighted by Gasteiger charge is 2.69. The van der Waals surface area contributed by atoms with Gasteiger partial charge in [-0.2, -0.15) is 0 Å². The van der Waals surface area contributed by atoms with Crippen molar-refractivity contribution in [2.24, 2.45) is 46.3 Å². The molecule has 5 aliphatic rings. The maximum atomic E-state index is 12.3. The molecule has 0 aromatic heterocycles. The van der Waals surface area contributed by atoms with Crippen molar-refractivity contribution in [3.8, 4) is 0 Å². The van der Waals surface area contributed by atoms with E-state index in [0.29, 0.717) is 11.3 Å². The summed E-state index contributed by atoms with van der Waals surface area (Å²) in [5, 5.41) is 12.3. The highest BCUT2D eigenvalue weighted by molar-refractivity contribution is 5.18. The molecule has 1 heterocycles. The zero-order valence-corrected chi connectivity index (χ0v) is 22.7. The van der Waals surface area contributed by atoms with Gasteiger partial charge < -0.3 is 14.6 Å². The van der Waals surface area contributed by atoms with E-state index in [1.807, 2.05) is 13.8 Å². The van der Waals surface area contributed by atoms with Crippen LogP contribution < -0.4 is 0 Å². The Labute approximate surface area is 203 Å². The summed E-state index contributed by atoms with van der Waals surface area (Å²) in [5.74, 6) is 4.29. The Morgan fingerprint density at radius 3 is 2.30 bits per heavy atom. The minimum Gasteiger partial charge on any atom is -0.386 e. The van der Waals surface area contributed by atoms with E-state index in [0.717, 1.165) is 48.9 Å². The molecule has 33 heavy (non-hydrogen) atoms. The summed E-state index contributed by atoms with van der Waals surface area (Å²) in [6.07, 6.45) is 13.8. The summed E-state index contributed by atoms with van der Waals surface area (Å²) in [4.78, 5) is 0. The van der Waals surface area contributed by atoms with Crippen LogP contribution in [-0.4, -0.2) is 28.7 Å². The molecule has 10 atom stereocenters.